The molecule has 11 heteroatoms. The fourth-order valence-electron chi connectivity index (χ4n) is 5.40. The van der Waals surface area contributed by atoms with Crippen molar-refractivity contribution in [2.24, 2.45) is 4.99 Å². The number of aryl methyl sites for hydroxylation is 1. The standard InChI is InChI=1S/C32H29BClN5O4/c1-19-37-38-32-28(18-30(40)35-14-13-20-3-4-23-16-24(33(41)42)8-5-22(23)15-20)36-31(21-6-9-25(34)10-7-21)27-17-26(43-2)11-12-29(27)39(19)32/h3-12,15-17,28,41-42H,13-14,18H2,1-2H3,(H,35,40)/t28-/m0/s1. The number of aromatic nitrogens is 3. The van der Waals surface area contributed by atoms with Gasteiger partial charge in [-0.05, 0) is 65.5 Å². The molecule has 0 unspecified atom stereocenters. The van der Waals surface area contributed by atoms with Crippen molar-refractivity contribution in [3.05, 3.63) is 112 Å². The summed E-state index contributed by atoms with van der Waals surface area (Å²) in [5.74, 6) is 1.81. The molecule has 2 heterocycles. The van der Waals surface area contributed by atoms with Gasteiger partial charge >= 0.3 is 7.12 Å². The first kappa shape index (κ1) is 28.6. The highest BCUT2D eigenvalue weighted by molar-refractivity contribution is 6.58. The first-order chi connectivity index (χ1) is 20.8. The van der Waals surface area contributed by atoms with Gasteiger partial charge in [-0.1, -0.05) is 60.1 Å². The number of nitrogens with one attached hydrogen (secondary N) is 1. The van der Waals surface area contributed by atoms with Crippen LogP contribution in [0.3, 0.4) is 0 Å². The minimum absolute atomic E-state index is 0.0876. The maximum absolute atomic E-state index is 13.3. The predicted molar refractivity (Wildman–Crippen MR) is 168 cm³/mol. The Morgan fingerprint density at radius 2 is 1.77 bits per heavy atom. The van der Waals surface area contributed by atoms with Crippen molar-refractivity contribution in [1.29, 1.82) is 0 Å². The first-order valence-electron chi connectivity index (χ1n) is 13.9. The Bertz CT molecular complexity index is 1860. The van der Waals surface area contributed by atoms with Gasteiger partial charge in [0.2, 0.25) is 5.91 Å². The Labute approximate surface area is 254 Å². The molecule has 0 saturated carbocycles. The summed E-state index contributed by atoms with van der Waals surface area (Å²) in [6.45, 7) is 2.33. The van der Waals surface area contributed by atoms with Gasteiger partial charge < -0.3 is 20.1 Å². The number of hydrogen-bond acceptors (Lipinski definition) is 7. The number of aliphatic imine (C=N–C) groups is 1. The van der Waals surface area contributed by atoms with Gasteiger partial charge in [0.15, 0.2) is 5.82 Å². The Kier molecular flexibility index (Phi) is 7.99. The highest BCUT2D eigenvalue weighted by Gasteiger charge is 2.30. The monoisotopic (exact) mass is 593 g/mol. The van der Waals surface area contributed by atoms with Crippen LogP contribution in [0, 0.1) is 6.92 Å². The zero-order chi connectivity index (χ0) is 30.1. The van der Waals surface area contributed by atoms with Crippen LogP contribution in [0.1, 0.15) is 40.8 Å². The topological polar surface area (TPSA) is 122 Å². The van der Waals surface area contributed by atoms with Gasteiger partial charge in [0.25, 0.3) is 0 Å². The van der Waals surface area contributed by atoms with Crippen molar-refractivity contribution in [3.8, 4) is 11.4 Å². The summed E-state index contributed by atoms with van der Waals surface area (Å²) in [6, 6.07) is 23.9. The lowest BCUT2D eigenvalue weighted by Crippen LogP contribution is -2.29. The SMILES string of the molecule is COc1ccc2c(c1)C(c1ccc(Cl)cc1)=N[C@@H](CC(=O)NCCc1ccc3cc(B(O)O)ccc3c1)c1nnc(C)n1-2. The number of fused-ring (bicyclic) bond motifs is 4. The summed E-state index contributed by atoms with van der Waals surface area (Å²) in [5, 5.41) is 33.2. The summed E-state index contributed by atoms with van der Waals surface area (Å²) < 4.78 is 7.49. The van der Waals surface area contributed by atoms with E-state index >= 15 is 0 Å². The minimum Gasteiger partial charge on any atom is -0.497 e. The molecule has 4 aromatic carbocycles. The van der Waals surface area contributed by atoms with E-state index in [-0.39, 0.29) is 12.3 Å². The highest BCUT2D eigenvalue weighted by atomic mass is 35.5. The van der Waals surface area contributed by atoms with Crippen molar-refractivity contribution in [2.45, 2.75) is 25.8 Å². The fraction of sp³-hybridized carbons (Fsp3) is 0.188. The summed E-state index contributed by atoms with van der Waals surface area (Å²) in [6.07, 6.45) is 0.723. The maximum Gasteiger partial charge on any atom is 0.488 e. The first-order valence-corrected chi connectivity index (χ1v) is 14.3. The van der Waals surface area contributed by atoms with E-state index in [0.29, 0.717) is 46.6 Å². The Morgan fingerprint density at radius 3 is 2.53 bits per heavy atom. The van der Waals surface area contributed by atoms with Gasteiger partial charge in [0.05, 0.1) is 24.9 Å². The Balaban J connectivity index is 1.25. The zero-order valence-electron chi connectivity index (χ0n) is 23.7. The smallest absolute Gasteiger partial charge is 0.488 e. The molecule has 5 aromatic rings. The van der Waals surface area contributed by atoms with Gasteiger partial charge in [0, 0.05) is 22.7 Å². The van der Waals surface area contributed by atoms with Gasteiger partial charge in [-0.2, -0.15) is 0 Å². The van der Waals surface area contributed by atoms with E-state index in [1.54, 1.807) is 19.2 Å². The average Bonchev–Trinajstić information content (AvgIpc) is 3.33. The number of nitrogens with zero attached hydrogens (tertiary/aromatic N) is 4. The van der Waals surface area contributed by atoms with Crippen molar-refractivity contribution in [1.82, 2.24) is 20.1 Å². The number of carbonyl (C=O) groups is 1. The summed E-state index contributed by atoms with van der Waals surface area (Å²) in [4.78, 5) is 18.4. The summed E-state index contributed by atoms with van der Waals surface area (Å²) in [5.41, 5.74) is 4.76. The Hall–Kier alpha value is -4.51. The molecule has 0 bridgehead atoms. The summed E-state index contributed by atoms with van der Waals surface area (Å²) >= 11 is 6.19. The molecule has 216 valence electrons. The number of rotatable bonds is 8. The van der Waals surface area contributed by atoms with E-state index < -0.39 is 13.2 Å². The Morgan fingerprint density at radius 1 is 1.00 bits per heavy atom. The third kappa shape index (κ3) is 5.90. The predicted octanol–water partition coefficient (Wildman–Crippen LogP) is 3.71. The number of halogens is 1. The van der Waals surface area contributed by atoms with Crippen LogP contribution in [0.5, 0.6) is 5.75 Å². The van der Waals surface area contributed by atoms with Crippen LogP contribution in [-0.4, -0.2) is 57.2 Å². The van der Waals surface area contributed by atoms with Crippen LogP contribution in [0.25, 0.3) is 16.5 Å². The van der Waals surface area contributed by atoms with E-state index in [1.165, 1.54) is 0 Å². The second-order valence-electron chi connectivity index (χ2n) is 10.4. The van der Waals surface area contributed by atoms with E-state index in [0.717, 1.165) is 33.2 Å². The van der Waals surface area contributed by atoms with Gasteiger partial charge in [-0.15, -0.1) is 10.2 Å². The van der Waals surface area contributed by atoms with Crippen LogP contribution in [0.4, 0.5) is 0 Å². The molecule has 0 spiro atoms. The molecule has 3 N–H and O–H groups in total. The second-order valence-corrected chi connectivity index (χ2v) is 10.9. The molecule has 0 radical (unpaired) electrons. The number of hydrogen-bond donors (Lipinski definition) is 3. The van der Waals surface area contributed by atoms with Gasteiger partial charge in [0.1, 0.15) is 17.6 Å². The molecule has 1 amide bonds. The van der Waals surface area contributed by atoms with Gasteiger partial charge in [-0.3, -0.25) is 14.4 Å². The van der Waals surface area contributed by atoms with Crippen LogP contribution in [-0.2, 0) is 11.2 Å². The number of carbonyl (C=O) groups excluding carboxylic acids is 1. The van der Waals surface area contributed by atoms with Crippen molar-refractivity contribution in [2.75, 3.05) is 13.7 Å². The van der Waals surface area contributed by atoms with E-state index in [9.17, 15) is 14.8 Å². The summed E-state index contributed by atoms with van der Waals surface area (Å²) in [7, 11) is 0.116. The third-order valence-corrected chi connectivity index (χ3v) is 7.84. The quantitative estimate of drug-likeness (QED) is 0.236. The van der Waals surface area contributed by atoms with Gasteiger partial charge in [-0.25, -0.2) is 0 Å². The molecule has 1 aliphatic rings. The van der Waals surface area contributed by atoms with E-state index in [1.807, 2.05) is 78.2 Å². The fourth-order valence-corrected chi connectivity index (χ4v) is 5.53. The minimum atomic E-state index is -1.51. The van der Waals surface area contributed by atoms with Crippen LogP contribution >= 0.6 is 11.6 Å². The largest absolute Gasteiger partial charge is 0.497 e. The van der Waals surface area contributed by atoms with Crippen LogP contribution in [0.15, 0.2) is 83.9 Å². The van der Waals surface area contributed by atoms with Crippen molar-refractivity contribution >= 4 is 46.6 Å². The molecule has 1 aromatic heterocycles. The molecule has 6 rings (SSSR count). The second kappa shape index (κ2) is 12.0. The van der Waals surface area contributed by atoms with Crippen LogP contribution in [0.2, 0.25) is 5.02 Å². The average molecular weight is 594 g/mol. The third-order valence-electron chi connectivity index (χ3n) is 7.59. The molecule has 0 fully saturated rings. The molecule has 1 aliphatic heterocycles. The molecule has 0 aliphatic carbocycles. The number of methoxy groups -OCH3 is 1. The maximum atomic E-state index is 13.3. The van der Waals surface area contributed by atoms with Crippen molar-refractivity contribution < 1.29 is 19.6 Å². The lowest BCUT2D eigenvalue weighted by Gasteiger charge is -2.14. The normalized spacial score (nSPS) is 14.0. The highest BCUT2D eigenvalue weighted by Crippen LogP contribution is 2.34. The lowest BCUT2D eigenvalue weighted by atomic mass is 9.79. The number of benzene rings is 4. The van der Waals surface area contributed by atoms with E-state index in [4.69, 9.17) is 21.3 Å². The molecular weight excluding hydrogens is 565 g/mol. The van der Waals surface area contributed by atoms with E-state index in [2.05, 4.69) is 15.5 Å². The molecule has 9 nitrogen and oxygen atoms in total. The molecule has 43 heavy (non-hydrogen) atoms. The molecular formula is C32H29BClN5O4. The molecule has 0 saturated heterocycles. The number of amides is 1. The molecule has 1 atom stereocenters. The van der Waals surface area contributed by atoms with Crippen LogP contribution < -0.4 is 15.5 Å². The number of ether oxygens (including phenoxy) is 1. The lowest BCUT2D eigenvalue weighted by molar-refractivity contribution is -0.121. The van der Waals surface area contributed by atoms with Crippen molar-refractivity contribution in [3.63, 3.8) is 0 Å². The zero-order valence-corrected chi connectivity index (χ0v) is 24.4.